The SMILES string of the molecule is COc1cc(C(=O)Nc2cc(C(=O)O)ccn2)ccc1C. The summed E-state index contributed by atoms with van der Waals surface area (Å²) < 4.78 is 5.16. The topological polar surface area (TPSA) is 88.5 Å². The molecule has 1 aromatic heterocycles. The molecular formula is C15H14N2O4. The van der Waals surface area contributed by atoms with Crippen molar-refractivity contribution in [2.24, 2.45) is 0 Å². The third kappa shape index (κ3) is 3.36. The molecule has 0 saturated heterocycles. The number of nitrogens with zero attached hydrogens (tertiary/aromatic N) is 1. The number of aromatic nitrogens is 1. The van der Waals surface area contributed by atoms with Crippen LogP contribution in [0.25, 0.3) is 0 Å². The Labute approximate surface area is 121 Å². The number of hydrogen-bond donors (Lipinski definition) is 2. The molecule has 0 radical (unpaired) electrons. The fourth-order valence-corrected chi connectivity index (χ4v) is 1.78. The normalized spacial score (nSPS) is 10.0. The number of nitrogens with one attached hydrogen (secondary N) is 1. The van der Waals surface area contributed by atoms with Gasteiger partial charge in [0.1, 0.15) is 11.6 Å². The fraction of sp³-hybridized carbons (Fsp3) is 0.133. The number of anilines is 1. The van der Waals surface area contributed by atoms with Crippen LogP contribution in [0.1, 0.15) is 26.3 Å². The first-order chi connectivity index (χ1) is 10.0. The summed E-state index contributed by atoms with van der Waals surface area (Å²) in [7, 11) is 1.53. The number of pyridine rings is 1. The first kappa shape index (κ1) is 14.5. The Morgan fingerprint density at radius 1 is 1.19 bits per heavy atom. The lowest BCUT2D eigenvalue weighted by atomic mass is 10.1. The molecule has 0 saturated carbocycles. The van der Waals surface area contributed by atoms with Crippen LogP contribution in [0, 0.1) is 6.92 Å². The number of carbonyl (C=O) groups excluding carboxylic acids is 1. The van der Waals surface area contributed by atoms with Crippen LogP contribution in [0.5, 0.6) is 5.75 Å². The summed E-state index contributed by atoms with van der Waals surface area (Å²) in [5.74, 6) is -0.678. The van der Waals surface area contributed by atoms with E-state index in [1.807, 2.05) is 6.92 Å². The average molecular weight is 286 g/mol. The van der Waals surface area contributed by atoms with Crippen molar-refractivity contribution >= 4 is 17.7 Å². The number of amides is 1. The van der Waals surface area contributed by atoms with E-state index < -0.39 is 5.97 Å². The molecule has 2 rings (SSSR count). The zero-order valence-corrected chi connectivity index (χ0v) is 11.6. The highest BCUT2D eigenvalue weighted by Gasteiger charge is 2.11. The van der Waals surface area contributed by atoms with Crippen molar-refractivity contribution in [3.05, 3.63) is 53.2 Å². The Bertz CT molecular complexity index is 698. The van der Waals surface area contributed by atoms with Crippen molar-refractivity contribution in [3.8, 4) is 5.75 Å². The zero-order valence-electron chi connectivity index (χ0n) is 11.6. The molecule has 0 spiro atoms. The lowest BCUT2D eigenvalue weighted by Gasteiger charge is -2.08. The van der Waals surface area contributed by atoms with Crippen molar-refractivity contribution in [1.29, 1.82) is 0 Å². The molecule has 1 heterocycles. The van der Waals surface area contributed by atoms with Gasteiger partial charge in [-0.2, -0.15) is 0 Å². The maximum absolute atomic E-state index is 12.1. The number of carboxylic acids is 1. The van der Waals surface area contributed by atoms with Crippen LogP contribution in [0.4, 0.5) is 5.82 Å². The van der Waals surface area contributed by atoms with Gasteiger partial charge in [0, 0.05) is 11.8 Å². The highest BCUT2D eigenvalue weighted by atomic mass is 16.5. The number of ether oxygens (including phenoxy) is 1. The second-order valence-electron chi connectivity index (χ2n) is 4.37. The Kier molecular flexibility index (Phi) is 4.18. The van der Waals surface area contributed by atoms with Gasteiger partial charge >= 0.3 is 5.97 Å². The summed E-state index contributed by atoms with van der Waals surface area (Å²) in [4.78, 5) is 26.9. The van der Waals surface area contributed by atoms with Gasteiger partial charge in [0.15, 0.2) is 0 Å². The minimum absolute atomic E-state index is 0.0572. The van der Waals surface area contributed by atoms with E-state index in [0.29, 0.717) is 11.3 Å². The van der Waals surface area contributed by atoms with E-state index in [0.717, 1.165) is 5.56 Å². The van der Waals surface area contributed by atoms with E-state index in [4.69, 9.17) is 9.84 Å². The molecular weight excluding hydrogens is 272 g/mol. The number of rotatable bonds is 4. The van der Waals surface area contributed by atoms with E-state index in [1.54, 1.807) is 18.2 Å². The predicted octanol–water partition coefficient (Wildman–Crippen LogP) is 2.35. The van der Waals surface area contributed by atoms with Crippen LogP contribution < -0.4 is 10.1 Å². The summed E-state index contributed by atoms with van der Waals surface area (Å²) in [6.45, 7) is 1.87. The third-order valence-electron chi connectivity index (χ3n) is 2.92. The van der Waals surface area contributed by atoms with E-state index in [2.05, 4.69) is 10.3 Å². The first-order valence-electron chi connectivity index (χ1n) is 6.16. The number of aryl methyl sites for hydroxylation is 1. The Morgan fingerprint density at radius 3 is 2.62 bits per heavy atom. The number of methoxy groups -OCH3 is 1. The maximum Gasteiger partial charge on any atom is 0.335 e. The van der Waals surface area contributed by atoms with Gasteiger partial charge in [0.25, 0.3) is 5.91 Å². The van der Waals surface area contributed by atoms with Gasteiger partial charge < -0.3 is 15.2 Å². The van der Waals surface area contributed by atoms with Crippen molar-refractivity contribution < 1.29 is 19.4 Å². The molecule has 2 N–H and O–H groups in total. The van der Waals surface area contributed by atoms with Crippen molar-refractivity contribution in [2.45, 2.75) is 6.92 Å². The fourth-order valence-electron chi connectivity index (χ4n) is 1.78. The number of carbonyl (C=O) groups is 2. The Balaban J connectivity index is 2.22. The molecule has 0 aliphatic rings. The Hall–Kier alpha value is -2.89. The molecule has 0 bridgehead atoms. The van der Waals surface area contributed by atoms with Crippen molar-refractivity contribution in [3.63, 3.8) is 0 Å². The van der Waals surface area contributed by atoms with E-state index in [-0.39, 0.29) is 17.3 Å². The molecule has 0 fully saturated rings. The number of aromatic carboxylic acids is 1. The average Bonchev–Trinajstić information content (AvgIpc) is 2.47. The largest absolute Gasteiger partial charge is 0.496 e. The van der Waals surface area contributed by atoms with Gasteiger partial charge in [0.2, 0.25) is 0 Å². The number of benzene rings is 1. The molecule has 1 amide bonds. The molecule has 21 heavy (non-hydrogen) atoms. The predicted molar refractivity (Wildman–Crippen MR) is 76.9 cm³/mol. The van der Waals surface area contributed by atoms with Crippen LogP contribution >= 0.6 is 0 Å². The summed E-state index contributed by atoms with van der Waals surface area (Å²) >= 11 is 0. The van der Waals surface area contributed by atoms with Gasteiger partial charge in [-0.25, -0.2) is 9.78 Å². The third-order valence-corrected chi connectivity index (χ3v) is 2.92. The molecule has 6 nitrogen and oxygen atoms in total. The summed E-state index contributed by atoms with van der Waals surface area (Å²) in [5.41, 5.74) is 1.38. The molecule has 6 heteroatoms. The smallest absolute Gasteiger partial charge is 0.335 e. The van der Waals surface area contributed by atoms with Crippen LogP contribution in [0.3, 0.4) is 0 Å². The molecule has 0 unspecified atom stereocenters. The van der Waals surface area contributed by atoms with E-state index in [1.165, 1.54) is 25.4 Å². The van der Waals surface area contributed by atoms with E-state index in [9.17, 15) is 9.59 Å². The molecule has 0 aliphatic heterocycles. The highest BCUT2D eigenvalue weighted by molar-refractivity contribution is 6.04. The number of carboxylic acid groups (broad SMARTS) is 1. The molecule has 108 valence electrons. The number of hydrogen-bond acceptors (Lipinski definition) is 4. The molecule has 1 aromatic carbocycles. The second-order valence-corrected chi connectivity index (χ2v) is 4.37. The lowest BCUT2D eigenvalue weighted by Crippen LogP contribution is -2.13. The van der Waals surface area contributed by atoms with Crippen molar-refractivity contribution in [1.82, 2.24) is 4.98 Å². The molecule has 2 aromatic rings. The van der Waals surface area contributed by atoms with Crippen molar-refractivity contribution in [2.75, 3.05) is 12.4 Å². The second kappa shape index (κ2) is 6.04. The van der Waals surface area contributed by atoms with Gasteiger partial charge in [-0.05, 0) is 36.8 Å². The quantitative estimate of drug-likeness (QED) is 0.900. The minimum atomic E-state index is -1.08. The molecule has 0 aliphatic carbocycles. The van der Waals surface area contributed by atoms with Gasteiger partial charge in [-0.1, -0.05) is 6.07 Å². The highest BCUT2D eigenvalue weighted by Crippen LogP contribution is 2.19. The minimum Gasteiger partial charge on any atom is -0.496 e. The summed E-state index contributed by atoms with van der Waals surface area (Å²) in [6, 6.07) is 7.70. The zero-order chi connectivity index (χ0) is 15.4. The van der Waals surface area contributed by atoms with Gasteiger partial charge in [-0.3, -0.25) is 4.79 Å². The molecule has 0 atom stereocenters. The van der Waals surface area contributed by atoms with Crippen LogP contribution in [-0.4, -0.2) is 29.1 Å². The summed E-state index contributed by atoms with van der Waals surface area (Å²) in [6.07, 6.45) is 1.33. The van der Waals surface area contributed by atoms with Crippen LogP contribution in [0.2, 0.25) is 0 Å². The lowest BCUT2D eigenvalue weighted by molar-refractivity contribution is 0.0696. The van der Waals surface area contributed by atoms with Gasteiger partial charge in [-0.15, -0.1) is 0 Å². The van der Waals surface area contributed by atoms with Crippen LogP contribution in [0.15, 0.2) is 36.5 Å². The standard InChI is InChI=1S/C15H14N2O4/c1-9-3-4-10(7-12(9)21-2)14(18)17-13-8-11(15(19)20)5-6-16-13/h3-8H,1-2H3,(H,19,20)(H,16,17,18). The first-order valence-corrected chi connectivity index (χ1v) is 6.16. The maximum atomic E-state index is 12.1. The van der Waals surface area contributed by atoms with Crippen LogP contribution in [-0.2, 0) is 0 Å². The van der Waals surface area contributed by atoms with Gasteiger partial charge in [0.05, 0.1) is 12.7 Å². The Morgan fingerprint density at radius 2 is 1.95 bits per heavy atom. The monoisotopic (exact) mass is 286 g/mol. The van der Waals surface area contributed by atoms with E-state index >= 15 is 0 Å². The summed E-state index contributed by atoms with van der Waals surface area (Å²) in [5, 5.41) is 11.5.